The zero-order valence-electron chi connectivity index (χ0n) is 11.0. The third kappa shape index (κ3) is 2.19. The molecule has 0 atom stereocenters. The van der Waals surface area contributed by atoms with Crippen molar-refractivity contribution in [3.63, 3.8) is 0 Å². The van der Waals surface area contributed by atoms with Gasteiger partial charge in [-0.05, 0) is 24.3 Å². The van der Waals surface area contributed by atoms with E-state index in [0.717, 1.165) is 6.07 Å². The van der Waals surface area contributed by atoms with Crippen LogP contribution in [0.2, 0.25) is 0 Å². The molecule has 2 aromatic rings. The summed E-state index contributed by atoms with van der Waals surface area (Å²) in [6.45, 7) is 0.376. The van der Waals surface area contributed by atoms with E-state index in [9.17, 15) is 12.8 Å². The molecule has 7 heteroatoms. The fourth-order valence-corrected chi connectivity index (χ4v) is 3.84. The molecule has 1 heterocycles. The van der Waals surface area contributed by atoms with Gasteiger partial charge in [-0.1, -0.05) is 18.2 Å². The predicted molar refractivity (Wildman–Crippen MR) is 77.3 cm³/mol. The van der Waals surface area contributed by atoms with Crippen molar-refractivity contribution in [2.24, 2.45) is 0 Å². The fraction of sp³-hybridized carbons (Fsp3) is 0.143. The quantitative estimate of drug-likeness (QED) is 0.861. The summed E-state index contributed by atoms with van der Waals surface area (Å²) in [5.41, 5.74) is 5.63. The van der Waals surface area contributed by atoms with Crippen LogP contribution in [0, 0.1) is 5.82 Å². The highest BCUT2D eigenvalue weighted by Gasteiger charge is 2.31. The first-order chi connectivity index (χ1) is 10.0. The number of para-hydroxylation sites is 3. The molecule has 0 aliphatic carbocycles. The normalized spacial score (nSPS) is 14.4. The highest BCUT2D eigenvalue weighted by atomic mass is 32.2. The van der Waals surface area contributed by atoms with Gasteiger partial charge < -0.3 is 10.5 Å². The van der Waals surface area contributed by atoms with Gasteiger partial charge in [0.2, 0.25) is 0 Å². The lowest BCUT2D eigenvalue weighted by Crippen LogP contribution is -2.38. The van der Waals surface area contributed by atoms with E-state index in [1.165, 1.54) is 16.4 Å². The topological polar surface area (TPSA) is 72.6 Å². The Labute approximate surface area is 121 Å². The van der Waals surface area contributed by atoms with Gasteiger partial charge in [0.1, 0.15) is 23.1 Å². The van der Waals surface area contributed by atoms with Crippen molar-refractivity contribution >= 4 is 21.4 Å². The van der Waals surface area contributed by atoms with Crippen LogP contribution < -0.4 is 14.8 Å². The number of nitrogens with zero attached hydrogens (tertiary/aromatic N) is 1. The molecule has 0 spiro atoms. The van der Waals surface area contributed by atoms with Crippen LogP contribution in [0.4, 0.5) is 15.8 Å². The average molecular weight is 308 g/mol. The summed E-state index contributed by atoms with van der Waals surface area (Å²) in [5.74, 6) is -0.278. The lowest BCUT2D eigenvalue weighted by atomic mass is 10.2. The zero-order chi connectivity index (χ0) is 15.0. The van der Waals surface area contributed by atoms with Crippen LogP contribution in [-0.4, -0.2) is 21.6 Å². The second-order valence-corrected chi connectivity index (χ2v) is 6.38. The maximum absolute atomic E-state index is 13.5. The third-order valence-electron chi connectivity index (χ3n) is 3.27. The molecular weight excluding hydrogens is 295 g/mol. The minimum absolute atomic E-state index is 0.148. The van der Waals surface area contributed by atoms with Crippen LogP contribution in [0.15, 0.2) is 47.4 Å². The van der Waals surface area contributed by atoms with Gasteiger partial charge in [0.15, 0.2) is 0 Å². The number of benzene rings is 2. The minimum Gasteiger partial charge on any atom is -0.489 e. The molecule has 0 radical (unpaired) electrons. The van der Waals surface area contributed by atoms with Crippen molar-refractivity contribution in [2.75, 3.05) is 23.2 Å². The number of sulfonamides is 1. The van der Waals surface area contributed by atoms with Gasteiger partial charge in [-0.25, -0.2) is 12.8 Å². The standard InChI is InChI=1S/C14H13FN2O3S/c15-10-4-3-7-13(14(10)16)21(18,19)17-8-9-20-12-6-2-1-5-11(12)17/h1-7H,8-9,16H2. The molecule has 1 aliphatic heterocycles. The summed E-state index contributed by atoms with van der Waals surface area (Å²) in [5, 5.41) is 0. The number of fused-ring (bicyclic) bond motifs is 1. The average Bonchev–Trinajstić information content (AvgIpc) is 2.49. The number of anilines is 2. The molecule has 1 aliphatic rings. The Kier molecular flexibility index (Phi) is 3.21. The summed E-state index contributed by atoms with van der Waals surface area (Å²) in [6, 6.07) is 10.5. The molecular formula is C14H13FN2O3S. The molecule has 3 rings (SSSR count). The second-order valence-electron chi connectivity index (χ2n) is 4.55. The number of nitrogens with two attached hydrogens (primary N) is 1. The Balaban J connectivity index is 2.14. The van der Waals surface area contributed by atoms with E-state index in [0.29, 0.717) is 11.4 Å². The van der Waals surface area contributed by atoms with Gasteiger partial charge in [-0.2, -0.15) is 0 Å². The zero-order valence-corrected chi connectivity index (χ0v) is 11.8. The van der Waals surface area contributed by atoms with Crippen LogP contribution >= 0.6 is 0 Å². The molecule has 110 valence electrons. The lowest BCUT2D eigenvalue weighted by Gasteiger charge is -2.30. The number of rotatable bonds is 2. The van der Waals surface area contributed by atoms with Crippen molar-refractivity contribution < 1.29 is 17.5 Å². The maximum Gasteiger partial charge on any atom is 0.266 e. The SMILES string of the molecule is Nc1c(F)cccc1S(=O)(=O)N1CCOc2ccccc21. The largest absolute Gasteiger partial charge is 0.489 e. The van der Waals surface area contributed by atoms with E-state index in [-0.39, 0.29) is 23.7 Å². The van der Waals surface area contributed by atoms with Gasteiger partial charge in [0.05, 0.1) is 17.9 Å². The van der Waals surface area contributed by atoms with Gasteiger partial charge in [0, 0.05) is 0 Å². The van der Waals surface area contributed by atoms with E-state index >= 15 is 0 Å². The minimum atomic E-state index is -3.94. The first-order valence-electron chi connectivity index (χ1n) is 6.30. The molecule has 0 aromatic heterocycles. The number of nitrogen functional groups attached to an aromatic ring is 1. The van der Waals surface area contributed by atoms with Crippen LogP contribution in [-0.2, 0) is 10.0 Å². The van der Waals surface area contributed by atoms with Crippen LogP contribution in [0.25, 0.3) is 0 Å². The summed E-state index contributed by atoms with van der Waals surface area (Å²) < 4.78 is 45.7. The Morgan fingerprint density at radius 1 is 1.14 bits per heavy atom. The Morgan fingerprint density at radius 3 is 2.71 bits per heavy atom. The summed E-state index contributed by atoms with van der Waals surface area (Å²) in [4.78, 5) is -0.237. The van der Waals surface area contributed by atoms with Crippen molar-refractivity contribution in [1.29, 1.82) is 0 Å². The van der Waals surface area contributed by atoms with Crippen LogP contribution in [0.1, 0.15) is 0 Å². The van der Waals surface area contributed by atoms with Crippen molar-refractivity contribution in [3.05, 3.63) is 48.3 Å². The first kappa shape index (κ1) is 13.7. The van der Waals surface area contributed by atoms with Crippen molar-refractivity contribution in [1.82, 2.24) is 0 Å². The van der Waals surface area contributed by atoms with Crippen LogP contribution in [0.3, 0.4) is 0 Å². The molecule has 0 amide bonds. The fourth-order valence-electron chi connectivity index (χ4n) is 2.25. The molecule has 2 aromatic carbocycles. The highest BCUT2D eigenvalue weighted by molar-refractivity contribution is 7.93. The summed E-state index contributed by atoms with van der Waals surface area (Å²) >= 11 is 0. The summed E-state index contributed by atoms with van der Waals surface area (Å²) in [7, 11) is -3.94. The van der Waals surface area contributed by atoms with Gasteiger partial charge >= 0.3 is 0 Å². The van der Waals surface area contributed by atoms with Crippen LogP contribution in [0.5, 0.6) is 5.75 Å². The van der Waals surface area contributed by atoms with Crippen molar-refractivity contribution in [3.8, 4) is 5.75 Å². The number of hydrogen-bond acceptors (Lipinski definition) is 4. The second kappa shape index (κ2) is 4.92. The number of ether oxygens (including phenoxy) is 1. The van der Waals surface area contributed by atoms with E-state index in [1.54, 1.807) is 24.3 Å². The smallest absolute Gasteiger partial charge is 0.266 e. The molecule has 0 unspecified atom stereocenters. The third-order valence-corrected chi connectivity index (χ3v) is 5.14. The summed E-state index contributed by atoms with van der Waals surface area (Å²) in [6.07, 6.45) is 0. The Bertz CT molecular complexity index is 793. The monoisotopic (exact) mass is 308 g/mol. The van der Waals surface area contributed by atoms with E-state index in [2.05, 4.69) is 0 Å². The van der Waals surface area contributed by atoms with Gasteiger partial charge in [-0.15, -0.1) is 0 Å². The Hall–Kier alpha value is -2.28. The molecule has 2 N–H and O–H groups in total. The van der Waals surface area contributed by atoms with Gasteiger partial charge in [-0.3, -0.25) is 4.31 Å². The molecule has 21 heavy (non-hydrogen) atoms. The van der Waals surface area contributed by atoms with Crippen molar-refractivity contribution in [2.45, 2.75) is 4.90 Å². The lowest BCUT2D eigenvalue weighted by molar-refractivity contribution is 0.316. The molecule has 0 fully saturated rings. The molecule has 0 saturated carbocycles. The van der Waals surface area contributed by atoms with E-state index in [1.807, 2.05) is 0 Å². The van der Waals surface area contributed by atoms with E-state index < -0.39 is 15.8 Å². The first-order valence-corrected chi connectivity index (χ1v) is 7.74. The van der Waals surface area contributed by atoms with E-state index in [4.69, 9.17) is 10.5 Å². The molecule has 0 saturated heterocycles. The van der Waals surface area contributed by atoms with Gasteiger partial charge in [0.25, 0.3) is 10.0 Å². The Morgan fingerprint density at radius 2 is 1.90 bits per heavy atom. The predicted octanol–water partition coefficient (Wildman–Crippen LogP) is 2.00. The molecule has 0 bridgehead atoms. The number of hydrogen-bond donors (Lipinski definition) is 1. The molecule has 5 nitrogen and oxygen atoms in total. The highest BCUT2D eigenvalue weighted by Crippen LogP contribution is 2.36. The number of halogens is 1. The maximum atomic E-state index is 13.5.